The summed E-state index contributed by atoms with van der Waals surface area (Å²) in [5.41, 5.74) is 6.22. The average molecular weight is 329 g/mol. The fourth-order valence-corrected chi connectivity index (χ4v) is 2.56. The number of benzene rings is 1. The number of aromatic nitrogens is 2. The second-order valence-corrected chi connectivity index (χ2v) is 6.86. The number of hydrogen-bond acceptors (Lipinski definition) is 5. The number of nitrogens with zero attached hydrogens (tertiary/aromatic N) is 2. The van der Waals surface area contributed by atoms with Crippen molar-refractivity contribution in [2.75, 3.05) is 17.3 Å². The molecule has 1 aromatic carbocycles. The van der Waals surface area contributed by atoms with Crippen LogP contribution in [0.1, 0.15) is 10.5 Å². The molecule has 0 aliphatic heterocycles. The molecule has 1 amide bonds. The van der Waals surface area contributed by atoms with E-state index in [1.807, 2.05) is 0 Å². The van der Waals surface area contributed by atoms with Crippen LogP contribution in [0.15, 0.2) is 29.3 Å². The van der Waals surface area contributed by atoms with Gasteiger partial charge in [-0.3, -0.25) is 9.48 Å². The molecule has 0 atom stereocenters. The van der Waals surface area contributed by atoms with Gasteiger partial charge in [0, 0.05) is 13.3 Å². The number of rotatable bonds is 3. The van der Waals surface area contributed by atoms with E-state index >= 15 is 0 Å². The van der Waals surface area contributed by atoms with Gasteiger partial charge in [0.25, 0.3) is 5.91 Å². The number of amides is 1. The molecule has 2 aromatic rings. The predicted octanol–water partition coefficient (Wildman–Crippen LogP) is 1.31. The van der Waals surface area contributed by atoms with Crippen molar-refractivity contribution in [2.45, 2.75) is 4.90 Å². The number of hydrogen-bond donors (Lipinski definition) is 2. The summed E-state index contributed by atoms with van der Waals surface area (Å²) < 4.78 is 24.4. The molecule has 0 unspecified atom stereocenters. The Morgan fingerprint density at radius 2 is 2.10 bits per heavy atom. The van der Waals surface area contributed by atoms with Crippen molar-refractivity contribution in [1.29, 1.82) is 0 Å². The number of sulfone groups is 1. The van der Waals surface area contributed by atoms with Gasteiger partial charge in [-0.1, -0.05) is 11.6 Å². The van der Waals surface area contributed by atoms with Gasteiger partial charge in [-0.25, -0.2) is 8.42 Å². The molecular weight excluding hydrogens is 316 g/mol. The summed E-state index contributed by atoms with van der Waals surface area (Å²) >= 11 is 5.97. The zero-order valence-corrected chi connectivity index (χ0v) is 12.9. The zero-order chi connectivity index (χ0) is 15.8. The minimum absolute atomic E-state index is 0.0557. The topological polar surface area (TPSA) is 107 Å². The lowest BCUT2D eigenvalue weighted by molar-refractivity contribution is 0.101. The first kappa shape index (κ1) is 15.3. The molecule has 9 heteroatoms. The summed E-state index contributed by atoms with van der Waals surface area (Å²) in [6.07, 6.45) is 2.42. The zero-order valence-electron chi connectivity index (χ0n) is 11.3. The maximum Gasteiger partial charge on any atom is 0.276 e. The van der Waals surface area contributed by atoms with Crippen molar-refractivity contribution in [3.05, 3.63) is 35.1 Å². The van der Waals surface area contributed by atoms with E-state index in [1.54, 1.807) is 7.05 Å². The van der Waals surface area contributed by atoms with Gasteiger partial charge in [-0.15, -0.1) is 0 Å². The monoisotopic (exact) mass is 328 g/mol. The summed E-state index contributed by atoms with van der Waals surface area (Å²) in [7, 11) is -1.83. The number of nitrogen functional groups attached to an aromatic ring is 1. The summed E-state index contributed by atoms with van der Waals surface area (Å²) in [6.45, 7) is 0. The number of aryl methyl sites for hydroxylation is 1. The highest BCUT2D eigenvalue weighted by atomic mass is 35.5. The number of anilines is 2. The first-order chi connectivity index (χ1) is 9.70. The van der Waals surface area contributed by atoms with E-state index in [4.69, 9.17) is 17.3 Å². The van der Waals surface area contributed by atoms with E-state index < -0.39 is 15.7 Å². The molecule has 0 radical (unpaired) electrons. The van der Waals surface area contributed by atoms with Crippen LogP contribution in [-0.2, 0) is 16.9 Å². The van der Waals surface area contributed by atoms with Crippen LogP contribution in [0.3, 0.4) is 0 Å². The van der Waals surface area contributed by atoms with E-state index in [1.165, 1.54) is 29.1 Å². The molecule has 112 valence electrons. The third-order valence-electron chi connectivity index (χ3n) is 2.80. The van der Waals surface area contributed by atoms with E-state index in [-0.39, 0.29) is 27.0 Å². The smallest absolute Gasteiger partial charge is 0.276 e. The fourth-order valence-electron chi connectivity index (χ4n) is 1.74. The highest BCUT2D eigenvalue weighted by Crippen LogP contribution is 2.26. The summed E-state index contributed by atoms with van der Waals surface area (Å²) in [4.78, 5) is 12.2. The lowest BCUT2D eigenvalue weighted by Gasteiger charge is -2.09. The molecule has 0 aliphatic carbocycles. The Hall–Kier alpha value is -2.06. The lowest BCUT2D eigenvalue weighted by atomic mass is 10.3. The molecule has 3 N–H and O–H groups in total. The summed E-state index contributed by atoms with van der Waals surface area (Å²) in [6, 6.07) is 4.06. The molecule has 0 saturated carbocycles. The van der Waals surface area contributed by atoms with Crippen LogP contribution in [-0.4, -0.2) is 30.4 Å². The van der Waals surface area contributed by atoms with Crippen molar-refractivity contribution in [1.82, 2.24) is 9.78 Å². The van der Waals surface area contributed by atoms with Crippen LogP contribution < -0.4 is 11.1 Å². The van der Waals surface area contributed by atoms with E-state index in [9.17, 15) is 13.2 Å². The lowest BCUT2D eigenvalue weighted by Crippen LogP contribution is -2.18. The molecule has 0 aliphatic rings. The Labute approximate surface area is 126 Å². The van der Waals surface area contributed by atoms with Gasteiger partial charge in [-0.05, 0) is 18.2 Å². The third-order valence-corrected chi connectivity index (χ3v) is 4.24. The highest BCUT2D eigenvalue weighted by molar-refractivity contribution is 7.90. The molecule has 1 aromatic heterocycles. The Morgan fingerprint density at radius 1 is 1.43 bits per heavy atom. The minimum Gasteiger partial charge on any atom is -0.396 e. The maximum atomic E-state index is 12.2. The number of nitrogens with one attached hydrogen (secondary N) is 1. The average Bonchev–Trinajstić information content (AvgIpc) is 2.70. The number of carbonyl (C=O) groups is 1. The third kappa shape index (κ3) is 3.17. The first-order valence-electron chi connectivity index (χ1n) is 5.78. The molecule has 0 bridgehead atoms. The van der Waals surface area contributed by atoms with Crippen LogP contribution in [0.4, 0.5) is 11.4 Å². The molecule has 0 fully saturated rings. The molecule has 0 saturated heterocycles. The Morgan fingerprint density at radius 3 is 2.62 bits per heavy atom. The summed E-state index contributed by atoms with van der Waals surface area (Å²) in [5, 5.41) is 6.61. The summed E-state index contributed by atoms with van der Waals surface area (Å²) in [5.74, 6) is -0.528. The van der Waals surface area contributed by atoms with Crippen LogP contribution in [0, 0.1) is 0 Å². The molecule has 7 nitrogen and oxygen atoms in total. The van der Waals surface area contributed by atoms with Crippen LogP contribution in [0.5, 0.6) is 0 Å². The van der Waals surface area contributed by atoms with Crippen molar-refractivity contribution in [3.8, 4) is 0 Å². The van der Waals surface area contributed by atoms with E-state index in [2.05, 4.69) is 10.4 Å². The van der Waals surface area contributed by atoms with Crippen LogP contribution >= 0.6 is 11.6 Å². The van der Waals surface area contributed by atoms with Crippen molar-refractivity contribution >= 4 is 38.7 Å². The second-order valence-electron chi connectivity index (χ2n) is 4.44. The van der Waals surface area contributed by atoms with Crippen molar-refractivity contribution < 1.29 is 13.2 Å². The molecule has 2 rings (SSSR count). The van der Waals surface area contributed by atoms with Gasteiger partial charge in [-0.2, -0.15) is 5.10 Å². The van der Waals surface area contributed by atoms with Gasteiger partial charge >= 0.3 is 0 Å². The minimum atomic E-state index is -3.40. The highest BCUT2D eigenvalue weighted by Gasteiger charge is 2.17. The SMILES string of the molecule is Cn1ncc(N)c1C(=O)Nc1cc(S(C)(=O)=O)ccc1Cl. The van der Waals surface area contributed by atoms with Gasteiger partial charge in [0.15, 0.2) is 9.84 Å². The molecule has 1 heterocycles. The van der Waals surface area contributed by atoms with Crippen LogP contribution in [0.2, 0.25) is 5.02 Å². The molecule has 0 spiro atoms. The Bertz CT molecular complexity index is 794. The normalized spacial score (nSPS) is 11.4. The second kappa shape index (κ2) is 5.38. The number of halogens is 1. The van der Waals surface area contributed by atoms with Gasteiger partial charge in [0.2, 0.25) is 0 Å². The van der Waals surface area contributed by atoms with Crippen LogP contribution in [0.25, 0.3) is 0 Å². The standard InChI is InChI=1S/C12H13ClN4O3S/c1-17-11(9(14)6-15-17)12(18)16-10-5-7(21(2,19)20)3-4-8(10)13/h3-6H,14H2,1-2H3,(H,16,18). The molecular formula is C12H13ClN4O3S. The first-order valence-corrected chi connectivity index (χ1v) is 8.05. The predicted molar refractivity (Wildman–Crippen MR) is 80.1 cm³/mol. The largest absolute Gasteiger partial charge is 0.396 e. The van der Waals surface area contributed by atoms with Gasteiger partial charge in [0.05, 0.1) is 27.5 Å². The maximum absolute atomic E-state index is 12.2. The Balaban J connectivity index is 2.38. The number of carbonyl (C=O) groups excluding carboxylic acids is 1. The van der Waals surface area contributed by atoms with Crippen molar-refractivity contribution in [2.24, 2.45) is 7.05 Å². The van der Waals surface area contributed by atoms with Crippen molar-refractivity contribution in [3.63, 3.8) is 0 Å². The van der Waals surface area contributed by atoms with E-state index in [0.717, 1.165) is 6.26 Å². The fraction of sp³-hybridized carbons (Fsp3) is 0.167. The quantitative estimate of drug-likeness (QED) is 0.883. The van der Waals surface area contributed by atoms with Gasteiger partial charge in [0.1, 0.15) is 5.69 Å². The van der Waals surface area contributed by atoms with E-state index in [0.29, 0.717) is 0 Å². The van der Waals surface area contributed by atoms with Gasteiger partial charge < -0.3 is 11.1 Å². The molecule has 21 heavy (non-hydrogen) atoms. The Kier molecular flexibility index (Phi) is 3.93. The number of nitrogens with two attached hydrogens (primary N) is 1.